The van der Waals surface area contributed by atoms with Gasteiger partial charge in [0.1, 0.15) is 17.4 Å². The molecular formula is C25H29N9O3S. The molecule has 198 valence electrons. The van der Waals surface area contributed by atoms with Crippen molar-refractivity contribution in [1.29, 1.82) is 0 Å². The van der Waals surface area contributed by atoms with E-state index in [-0.39, 0.29) is 24.0 Å². The van der Waals surface area contributed by atoms with Gasteiger partial charge in [-0.15, -0.1) is 4.72 Å². The molecule has 4 heterocycles. The molecule has 4 aromatic heterocycles. The Hall–Kier alpha value is -3.68. The van der Waals surface area contributed by atoms with E-state index >= 15 is 0 Å². The van der Waals surface area contributed by atoms with E-state index in [4.69, 9.17) is 9.72 Å². The van der Waals surface area contributed by atoms with Gasteiger partial charge < -0.3 is 14.6 Å². The maximum atomic E-state index is 13.6. The predicted octanol–water partition coefficient (Wildman–Crippen LogP) is 2.75. The van der Waals surface area contributed by atoms with Crippen LogP contribution in [0.15, 0.2) is 40.5 Å². The van der Waals surface area contributed by atoms with Crippen LogP contribution in [-0.4, -0.2) is 53.2 Å². The Balaban J connectivity index is 1.54. The fourth-order valence-corrected chi connectivity index (χ4v) is 4.73. The van der Waals surface area contributed by atoms with E-state index in [0.29, 0.717) is 51.4 Å². The van der Waals surface area contributed by atoms with Crippen molar-refractivity contribution in [2.45, 2.75) is 56.5 Å². The molecule has 12 nitrogen and oxygen atoms in total. The first kappa shape index (κ1) is 25.9. The topological polar surface area (TPSA) is 156 Å². The zero-order valence-corrected chi connectivity index (χ0v) is 22.4. The van der Waals surface area contributed by atoms with E-state index in [9.17, 15) is 9.35 Å². The van der Waals surface area contributed by atoms with Crippen LogP contribution in [0.4, 0.5) is 5.82 Å². The average molecular weight is 536 g/mol. The second kappa shape index (κ2) is 11.0. The zero-order valence-electron chi connectivity index (χ0n) is 21.6. The third-order valence-corrected chi connectivity index (χ3v) is 7.56. The van der Waals surface area contributed by atoms with E-state index in [1.807, 2.05) is 13.8 Å². The highest BCUT2D eigenvalue weighted by Gasteiger charge is 2.31. The minimum absolute atomic E-state index is 0.137. The molecule has 0 aliphatic heterocycles. The van der Waals surface area contributed by atoms with Crippen molar-refractivity contribution in [2.24, 2.45) is 0 Å². The van der Waals surface area contributed by atoms with Gasteiger partial charge in [-0.3, -0.25) is 14.3 Å². The number of fused-ring (bicyclic) bond motifs is 1. The number of pyridine rings is 1. The Morgan fingerprint density at radius 2 is 2.00 bits per heavy atom. The Bertz CT molecular complexity index is 1510. The fourth-order valence-electron chi connectivity index (χ4n) is 4.16. The van der Waals surface area contributed by atoms with Crippen molar-refractivity contribution >= 4 is 28.3 Å². The van der Waals surface area contributed by atoms with Gasteiger partial charge >= 0.3 is 0 Å². The van der Waals surface area contributed by atoms with Crippen LogP contribution in [0.3, 0.4) is 0 Å². The first-order valence-electron chi connectivity index (χ1n) is 12.4. The zero-order chi connectivity index (χ0) is 26.8. The summed E-state index contributed by atoms with van der Waals surface area (Å²) in [5, 5.41) is 3.11. The van der Waals surface area contributed by atoms with Gasteiger partial charge in [-0.2, -0.15) is 0 Å². The molecule has 0 spiro atoms. The summed E-state index contributed by atoms with van der Waals surface area (Å²) in [6.45, 7) is 4.25. The molecule has 2 N–H and O–H groups in total. The lowest BCUT2D eigenvalue weighted by Gasteiger charge is -2.18. The van der Waals surface area contributed by atoms with Gasteiger partial charge in [-0.25, -0.2) is 24.9 Å². The van der Waals surface area contributed by atoms with Gasteiger partial charge in [0, 0.05) is 19.0 Å². The number of aromatic nitrogens is 7. The van der Waals surface area contributed by atoms with Crippen molar-refractivity contribution in [3.63, 3.8) is 0 Å². The van der Waals surface area contributed by atoms with Gasteiger partial charge in [0.15, 0.2) is 22.2 Å². The van der Waals surface area contributed by atoms with E-state index in [1.165, 1.54) is 6.33 Å². The molecule has 0 saturated heterocycles. The van der Waals surface area contributed by atoms with Gasteiger partial charge in [0.25, 0.3) is 5.56 Å². The summed E-state index contributed by atoms with van der Waals surface area (Å²) in [6.07, 6.45) is 7.45. The fraction of sp³-hybridized carbons (Fsp3) is 0.400. The normalized spacial score (nSPS) is 14.9. The highest BCUT2D eigenvalue weighted by molar-refractivity contribution is 7.89. The van der Waals surface area contributed by atoms with Crippen LogP contribution in [-0.2, 0) is 17.9 Å². The molecule has 0 bridgehead atoms. The quantitative estimate of drug-likeness (QED) is 0.288. The van der Waals surface area contributed by atoms with Crippen LogP contribution >= 0.6 is 0 Å². The minimum Gasteiger partial charge on any atom is -0.593 e. The molecule has 1 aliphatic carbocycles. The lowest BCUT2D eigenvalue weighted by Crippen LogP contribution is -2.28. The van der Waals surface area contributed by atoms with Gasteiger partial charge in [-0.1, -0.05) is 6.92 Å². The lowest BCUT2D eigenvalue weighted by molar-refractivity contribution is 0.397. The van der Waals surface area contributed by atoms with Crippen LogP contribution in [0, 0.1) is 0 Å². The number of nitrogens with zero attached hydrogens (tertiary/aromatic N) is 7. The predicted molar refractivity (Wildman–Crippen MR) is 143 cm³/mol. The SMILES string of the molecule is CCC(C)n1c(=O)c(NCc2ccc([S+]([O-])NC)cn2)nc2cnc(-c3c(OC)ncnc3C3CC3)nc21. The first-order chi connectivity index (χ1) is 18.4. The van der Waals surface area contributed by atoms with Crippen LogP contribution in [0.2, 0.25) is 0 Å². The van der Waals surface area contributed by atoms with Gasteiger partial charge in [-0.05, 0) is 38.3 Å². The summed E-state index contributed by atoms with van der Waals surface area (Å²) >= 11 is -1.31. The Morgan fingerprint density at radius 1 is 1.18 bits per heavy atom. The summed E-state index contributed by atoms with van der Waals surface area (Å²) in [5.74, 6) is 1.31. The van der Waals surface area contributed by atoms with Gasteiger partial charge in [0.2, 0.25) is 5.88 Å². The van der Waals surface area contributed by atoms with Crippen molar-refractivity contribution < 1.29 is 9.29 Å². The first-order valence-corrected chi connectivity index (χ1v) is 13.6. The second-order valence-electron chi connectivity index (χ2n) is 9.02. The molecule has 0 aromatic carbocycles. The number of anilines is 1. The molecule has 1 saturated carbocycles. The minimum atomic E-state index is -1.31. The van der Waals surface area contributed by atoms with E-state index in [2.05, 4.69) is 35.0 Å². The molecule has 4 aromatic rings. The third kappa shape index (κ3) is 5.04. The molecule has 2 unspecified atom stereocenters. The lowest BCUT2D eigenvalue weighted by atomic mass is 10.1. The van der Waals surface area contributed by atoms with E-state index in [0.717, 1.165) is 18.5 Å². The van der Waals surface area contributed by atoms with E-state index in [1.54, 1.807) is 43.3 Å². The van der Waals surface area contributed by atoms with E-state index < -0.39 is 11.4 Å². The third-order valence-electron chi connectivity index (χ3n) is 6.52. The number of hydrogen-bond acceptors (Lipinski definition) is 11. The highest BCUT2D eigenvalue weighted by atomic mass is 32.2. The summed E-state index contributed by atoms with van der Waals surface area (Å²) in [4.78, 5) is 41.2. The van der Waals surface area contributed by atoms with Crippen LogP contribution < -0.4 is 20.3 Å². The molecule has 13 heteroatoms. The van der Waals surface area contributed by atoms with Crippen molar-refractivity contribution in [3.8, 4) is 17.3 Å². The molecule has 2 atom stereocenters. The molecule has 5 rings (SSSR count). The number of rotatable bonds is 10. The average Bonchev–Trinajstić information content (AvgIpc) is 3.80. The smallest absolute Gasteiger partial charge is 0.295 e. The number of ether oxygens (including phenoxy) is 1. The van der Waals surface area contributed by atoms with Crippen molar-refractivity contribution in [3.05, 3.63) is 52.6 Å². The Labute approximate surface area is 222 Å². The summed E-state index contributed by atoms with van der Waals surface area (Å²) < 4.78 is 21.7. The molecule has 0 radical (unpaired) electrons. The van der Waals surface area contributed by atoms with Crippen molar-refractivity contribution in [1.82, 2.24) is 39.2 Å². The molecule has 1 aliphatic rings. The second-order valence-corrected chi connectivity index (χ2v) is 10.4. The molecule has 1 fully saturated rings. The Kier molecular flexibility index (Phi) is 7.49. The highest BCUT2D eigenvalue weighted by Crippen LogP contribution is 2.44. The maximum absolute atomic E-state index is 13.6. The largest absolute Gasteiger partial charge is 0.593 e. The molecule has 38 heavy (non-hydrogen) atoms. The monoisotopic (exact) mass is 535 g/mol. The van der Waals surface area contributed by atoms with Crippen molar-refractivity contribution in [2.75, 3.05) is 19.5 Å². The number of methoxy groups -OCH3 is 1. The molecular weight excluding hydrogens is 506 g/mol. The van der Waals surface area contributed by atoms with Crippen LogP contribution in [0.1, 0.15) is 56.5 Å². The summed E-state index contributed by atoms with van der Waals surface area (Å²) in [5.41, 5.74) is 2.81. The molecule has 0 amide bonds. The summed E-state index contributed by atoms with van der Waals surface area (Å²) in [7, 11) is 3.17. The standard InChI is InChI=1S/C25H29N9O3S/c1-5-14(2)34-23-18(12-29-21(33-23)19-20(15-6-7-15)30-13-31-24(19)37-4)32-22(25(34)35)28-10-16-8-9-17(11-27-16)38(36)26-3/h8-9,11-15,26H,5-7,10H2,1-4H3,(H,28,32). The summed E-state index contributed by atoms with van der Waals surface area (Å²) in [6, 6.07) is 3.35. The Morgan fingerprint density at radius 3 is 2.66 bits per heavy atom. The maximum Gasteiger partial charge on any atom is 0.295 e. The van der Waals surface area contributed by atoms with Crippen LogP contribution in [0.5, 0.6) is 5.88 Å². The van der Waals surface area contributed by atoms with Crippen LogP contribution in [0.25, 0.3) is 22.6 Å². The number of nitrogens with one attached hydrogen (secondary N) is 2. The number of hydrogen-bond donors (Lipinski definition) is 2. The van der Waals surface area contributed by atoms with Gasteiger partial charge in [0.05, 0.1) is 48.8 Å².